The maximum absolute atomic E-state index is 4.59. The third-order valence-electron chi connectivity index (χ3n) is 2.72. The van der Waals surface area contributed by atoms with Gasteiger partial charge in [0.1, 0.15) is 0 Å². The van der Waals surface area contributed by atoms with Gasteiger partial charge in [0.15, 0.2) is 0 Å². The Bertz CT molecular complexity index is 502. The Morgan fingerprint density at radius 1 is 1.06 bits per heavy atom. The normalized spacial score (nSPS) is 12.8. The average molecular weight is 349 g/mol. The van der Waals surface area contributed by atoms with Crippen LogP contribution >= 0.6 is 22.6 Å². The zero-order valence-electron chi connectivity index (χ0n) is 10.4. The molecule has 0 saturated carbocycles. The van der Waals surface area contributed by atoms with Crippen LogP contribution in [0, 0.1) is 3.57 Å². The van der Waals surface area contributed by atoms with E-state index in [1.165, 1.54) is 9.13 Å². The van der Waals surface area contributed by atoms with Crippen molar-refractivity contribution in [3.63, 3.8) is 0 Å². The van der Waals surface area contributed by atoms with Crippen molar-refractivity contribution in [2.75, 3.05) is 0 Å². The third-order valence-corrected chi connectivity index (χ3v) is 3.44. The Hall–Kier alpha value is -1.16. The molecule has 0 aliphatic rings. The van der Waals surface area contributed by atoms with Crippen molar-refractivity contribution in [1.29, 1.82) is 0 Å². The first-order valence-corrected chi connectivity index (χ1v) is 7.14. The Morgan fingerprint density at radius 2 is 1.72 bits per heavy atom. The van der Waals surface area contributed by atoms with Crippen molar-refractivity contribution in [3.05, 3.63) is 69.3 Å². The Morgan fingerprint density at radius 3 is 2.39 bits per heavy atom. The van der Waals surface area contributed by atoms with Crippen molar-refractivity contribution in [2.45, 2.75) is 19.4 Å². The van der Waals surface area contributed by atoms with Gasteiger partial charge in [0, 0.05) is 9.78 Å². The molecule has 0 fully saturated rings. The quantitative estimate of drug-likeness (QED) is 0.575. The van der Waals surface area contributed by atoms with Crippen LogP contribution in [0.3, 0.4) is 0 Å². The first-order valence-electron chi connectivity index (χ1n) is 6.07. The lowest BCUT2D eigenvalue weighted by Crippen LogP contribution is -2.03. The maximum Gasteiger partial charge on any atom is 0.0511 e. The van der Waals surface area contributed by atoms with E-state index in [9.17, 15) is 0 Å². The lowest BCUT2D eigenvalue weighted by molar-refractivity contribution is 0.744. The molecule has 0 aromatic heterocycles. The highest BCUT2D eigenvalue weighted by atomic mass is 127. The Balaban J connectivity index is 1.95. The van der Waals surface area contributed by atoms with Crippen LogP contribution in [-0.4, -0.2) is 12.3 Å². The average Bonchev–Trinajstić information content (AvgIpc) is 2.39. The topological polar surface area (TPSA) is 12.4 Å². The van der Waals surface area contributed by atoms with E-state index in [4.69, 9.17) is 0 Å². The second-order valence-corrected chi connectivity index (χ2v) is 5.61. The van der Waals surface area contributed by atoms with Crippen LogP contribution < -0.4 is 0 Å². The molecule has 0 amide bonds. The minimum atomic E-state index is 0.312. The van der Waals surface area contributed by atoms with Crippen LogP contribution in [0.4, 0.5) is 0 Å². The summed E-state index contributed by atoms with van der Waals surface area (Å²) in [5, 5.41) is 0. The van der Waals surface area contributed by atoms with E-state index in [-0.39, 0.29) is 0 Å². The van der Waals surface area contributed by atoms with Gasteiger partial charge in [0.2, 0.25) is 0 Å². The number of benzene rings is 2. The van der Waals surface area contributed by atoms with Gasteiger partial charge in [-0.1, -0.05) is 42.5 Å². The number of hydrogen-bond acceptors (Lipinski definition) is 1. The van der Waals surface area contributed by atoms with Gasteiger partial charge in [-0.15, -0.1) is 0 Å². The monoisotopic (exact) mass is 349 g/mol. The lowest BCUT2D eigenvalue weighted by Gasteiger charge is -2.05. The van der Waals surface area contributed by atoms with E-state index in [1.807, 2.05) is 12.3 Å². The molecule has 0 bridgehead atoms. The van der Waals surface area contributed by atoms with E-state index in [0.717, 1.165) is 12.0 Å². The summed E-state index contributed by atoms with van der Waals surface area (Å²) >= 11 is 2.31. The van der Waals surface area contributed by atoms with E-state index < -0.39 is 0 Å². The van der Waals surface area contributed by atoms with Gasteiger partial charge in [-0.05, 0) is 59.2 Å². The molecule has 0 N–H and O–H groups in total. The van der Waals surface area contributed by atoms with Gasteiger partial charge in [0.25, 0.3) is 0 Å². The first-order chi connectivity index (χ1) is 8.74. The van der Waals surface area contributed by atoms with Gasteiger partial charge in [-0.25, -0.2) is 0 Å². The highest BCUT2D eigenvalue weighted by molar-refractivity contribution is 14.1. The molecule has 1 atom stereocenters. The molecule has 92 valence electrons. The molecule has 0 radical (unpaired) electrons. The predicted molar refractivity (Wildman–Crippen MR) is 86.4 cm³/mol. The zero-order valence-corrected chi connectivity index (χ0v) is 12.5. The number of rotatable bonds is 4. The minimum Gasteiger partial charge on any atom is -0.289 e. The molecule has 0 aliphatic heterocycles. The minimum absolute atomic E-state index is 0.312. The van der Waals surface area contributed by atoms with Crippen LogP contribution in [0.15, 0.2) is 59.6 Å². The van der Waals surface area contributed by atoms with E-state index in [1.54, 1.807) is 0 Å². The van der Waals surface area contributed by atoms with Crippen molar-refractivity contribution in [1.82, 2.24) is 0 Å². The molecule has 2 aromatic carbocycles. The van der Waals surface area contributed by atoms with E-state index >= 15 is 0 Å². The van der Waals surface area contributed by atoms with Crippen molar-refractivity contribution < 1.29 is 0 Å². The molecule has 2 heteroatoms. The van der Waals surface area contributed by atoms with Crippen molar-refractivity contribution >= 4 is 28.8 Å². The molecular formula is C16H16IN. The first kappa shape index (κ1) is 13.3. The molecule has 0 unspecified atom stereocenters. The molecule has 0 heterocycles. The molecule has 0 aliphatic carbocycles. The van der Waals surface area contributed by atoms with Crippen LogP contribution in [0.25, 0.3) is 0 Å². The number of nitrogens with zero attached hydrogens (tertiary/aromatic N) is 1. The number of halogens is 1. The molecular weight excluding hydrogens is 333 g/mol. The fourth-order valence-electron chi connectivity index (χ4n) is 1.77. The summed E-state index contributed by atoms with van der Waals surface area (Å²) in [7, 11) is 0. The lowest BCUT2D eigenvalue weighted by atomic mass is 10.1. The molecule has 0 saturated heterocycles. The van der Waals surface area contributed by atoms with Crippen LogP contribution in [0.2, 0.25) is 0 Å². The molecule has 2 rings (SSSR count). The summed E-state index contributed by atoms with van der Waals surface area (Å²) in [6.45, 7) is 2.15. The van der Waals surface area contributed by atoms with Crippen LogP contribution in [0.1, 0.15) is 18.1 Å². The molecule has 1 nitrogen and oxygen atoms in total. The molecule has 2 aromatic rings. The summed E-state index contributed by atoms with van der Waals surface area (Å²) in [4.78, 5) is 4.59. The SMILES string of the molecule is C[C@@H](Cc1ccccc1)/N=C/c1ccc(I)cc1. The summed E-state index contributed by atoms with van der Waals surface area (Å²) < 4.78 is 1.25. The maximum atomic E-state index is 4.59. The second-order valence-electron chi connectivity index (χ2n) is 4.37. The van der Waals surface area contributed by atoms with Gasteiger partial charge in [-0.2, -0.15) is 0 Å². The highest BCUT2D eigenvalue weighted by Crippen LogP contribution is 2.07. The van der Waals surface area contributed by atoms with Crippen molar-refractivity contribution in [3.8, 4) is 0 Å². The Labute approximate surface area is 122 Å². The van der Waals surface area contributed by atoms with Crippen molar-refractivity contribution in [2.24, 2.45) is 4.99 Å². The highest BCUT2D eigenvalue weighted by Gasteiger charge is 1.99. The largest absolute Gasteiger partial charge is 0.289 e. The number of hydrogen-bond donors (Lipinski definition) is 0. The van der Waals surface area contributed by atoms with Gasteiger partial charge < -0.3 is 0 Å². The van der Waals surface area contributed by atoms with Gasteiger partial charge in [-0.3, -0.25) is 4.99 Å². The van der Waals surface area contributed by atoms with E-state index in [0.29, 0.717) is 6.04 Å². The predicted octanol–water partition coefficient (Wildman–Crippen LogP) is 4.34. The zero-order chi connectivity index (χ0) is 12.8. The summed E-state index contributed by atoms with van der Waals surface area (Å²) in [5.74, 6) is 0. The molecule has 0 spiro atoms. The second kappa shape index (κ2) is 6.69. The number of aliphatic imine (C=N–C) groups is 1. The smallest absolute Gasteiger partial charge is 0.0511 e. The van der Waals surface area contributed by atoms with Gasteiger partial charge >= 0.3 is 0 Å². The molecule has 18 heavy (non-hydrogen) atoms. The fraction of sp³-hybridized carbons (Fsp3) is 0.188. The van der Waals surface area contributed by atoms with E-state index in [2.05, 4.69) is 83.0 Å². The van der Waals surface area contributed by atoms with Crippen LogP contribution in [0.5, 0.6) is 0 Å². The van der Waals surface area contributed by atoms with Crippen LogP contribution in [-0.2, 0) is 6.42 Å². The summed E-state index contributed by atoms with van der Waals surface area (Å²) in [5.41, 5.74) is 2.50. The third kappa shape index (κ3) is 4.26. The van der Waals surface area contributed by atoms with Gasteiger partial charge in [0.05, 0.1) is 6.04 Å². The summed E-state index contributed by atoms with van der Waals surface area (Å²) in [6, 6.07) is 19.2. The standard InChI is InChI=1S/C16H16IN/c1-13(11-14-5-3-2-4-6-14)18-12-15-7-9-16(17)10-8-15/h2-10,12-13H,11H2,1H3/b18-12+/t13-/m0/s1. The Kier molecular flexibility index (Phi) is 4.93. The summed E-state index contributed by atoms with van der Waals surface area (Å²) in [6.07, 6.45) is 2.95. The fourth-order valence-corrected chi connectivity index (χ4v) is 2.13.